The topological polar surface area (TPSA) is 61.0 Å². The van der Waals surface area contributed by atoms with Crippen molar-refractivity contribution in [3.63, 3.8) is 0 Å². The first kappa shape index (κ1) is 15.2. The van der Waals surface area contributed by atoms with Crippen LogP contribution in [0.3, 0.4) is 0 Å². The van der Waals surface area contributed by atoms with Crippen molar-refractivity contribution in [3.05, 3.63) is 40.3 Å². The van der Waals surface area contributed by atoms with Gasteiger partial charge in [-0.3, -0.25) is 14.8 Å². The molecule has 3 rings (SSSR count). The Hall–Kier alpha value is -1.66. The highest BCUT2D eigenvalue weighted by Crippen LogP contribution is 2.27. The molecule has 1 aliphatic rings. The Labute approximate surface area is 134 Å². The van der Waals surface area contributed by atoms with Gasteiger partial charge in [-0.25, -0.2) is 0 Å². The molecule has 1 fully saturated rings. The number of piperidine rings is 1. The lowest BCUT2D eigenvalue weighted by atomic mass is 9.93. The van der Waals surface area contributed by atoms with E-state index in [1.54, 1.807) is 11.3 Å². The van der Waals surface area contributed by atoms with Crippen LogP contribution in [0, 0.1) is 0 Å². The number of rotatable bonds is 5. The van der Waals surface area contributed by atoms with Gasteiger partial charge in [0.1, 0.15) is 0 Å². The largest absolute Gasteiger partial charge is 0.350 e. The normalized spacial score (nSPS) is 18.2. The maximum atomic E-state index is 12.3. The van der Waals surface area contributed by atoms with E-state index in [-0.39, 0.29) is 11.9 Å². The molecule has 1 amide bonds. The van der Waals surface area contributed by atoms with Crippen molar-refractivity contribution in [1.29, 1.82) is 0 Å². The number of carbonyl (C=O) groups excluding carboxylic acids is 1. The highest BCUT2D eigenvalue weighted by atomic mass is 32.1. The van der Waals surface area contributed by atoms with Gasteiger partial charge in [0, 0.05) is 22.7 Å². The number of aromatic amines is 1. The van der Waals surface area contributed by atoms with Crippen molar-refractivity contribution in [2.75, 3.05) is 13.1 Å². The third-order valence-electron chi connectivity index (χ3n) is 4.44. The van der Waals surface area contributed by atoms with Gasteiger partial charge in [-0.15, -0.1) is 11.3 Å². The second kappa shape index (κ2) is 7.07. The van der Waals surface area contributed by atoms with E-state index in [4.69, 9.17) is 0 Å². The van der Waals surface area contributed by atoms with Gasteiger partial charge >= 0.3 is 0 Å². The molecule has 0 bridgehead atoms. The summed E-state index contributed by atoms with van der Waals surface area (Å²) in [6.07, 6.45) is 3.96. The first-order chi connectivity index (χ1) is 10.7. The summed E-state index contributed by atoms with van der Waals surface area (Å²) >= 11 is 1.67. The molecule has 3 heterocycles. The number of hydrogen-bond donors (Lipinski definition) is 2. The summed E-state index contributed by atoms with van der Waals surface area (Å²) in [5.74, 6) is 0.661. The fourth-order valence-corrected chi connectivity index (χ4v) is 3.64. The molecule has 2 N–H and O–H groups in total. The van der Waals surface area contributed by atoms with Crippen LogP contribution in [0.25, 0.3) is 0 Å². The molecule has 0 saturated carbocycles. The Balaban J connectivity index is 1.46. The van der Waals surface area contributed by atoms with Crippen LogP contribution < -0.4 is 5.32 Å². The van der Waals surface area contributed by atoms with E-state index in [2.05, 4.69) is 26.5 Å². The Morgan fingerprint density at radius 2 is 2.32 bits per heavy atom. The highest BCUT2D eigenvalue weighted by molar-refractivity contribution is 7.09. The zero-order valence-corrected chi connectivity index (χ0v) is 13.6. The molecule has 2 aromatic heterocycles. The van der Waals surface area contributed by atoms with Crippen LogP contribution >= 0.6 is 11.3 Å². The number of amides is 1. The van der Waals surface area contributed by atoms with Crippen LogP contribution in [-0.2, 0) is 11.3 Å². The molecule has 22 heavy (non-hydrogen) atoms. The number of H-pyrrole nitrogens is 1. The Morgan fingerprint density at radius 3 is 2.95 bits per heavy atom. The van der Waals surface area contributed by atoms with Gasteiger partial charge in [0.05, 0.1) is 12.6 Å². The molecule has 1 saturated heterocycles. The minimum atomic E-state index is -0.0670. The first-order valence-corrected chi connectivity index (χ1v) is 8.65. The summed E-state index contributed by atoms with van der Waals surface area (Å²) in [7, 11) is 0. The SMILES string of the molecule is CC(C(=O)NCc1cccs1)N1CCC(c2ccn[nH]2)CC1. The lowest BCUT2D eigenvalue weighted by Crippen LogP contribution is -2.47. The summed E-state index contributed by atoms with van der Waals surface area (Å²) < 4.78 is 0. The quantitative estimate of drug-likeness (QED) is 0.889. The van der Waals surface area contributed by atoms with E-state index in [0.29, 0.717) is 12.5 Å². The molecule has 0 aliphatic carbocycles. The van der Waals surface area contributed by atoms with Crippen LogP contribution in [0.4, 0.5) is 0 Å². The van der Waals surface area contributed by atoms with Crippen LogP contribution in [-0.4, -0.2) is 40.1 Å². The molecule has 2 aromatic rings. The van der Waals surface area contributed by atoms with Crippen molar-refractivity contribution in [1.82, 2.24) is 20.4 Å². The predicted octanol–water partition coefficient (Wildman–Crippen LogP) is 2.36. The van der Waals surface area contributed by atoms with Gasteiger partial charge in [-0.1, -0.05) is 6.07 Å². The summed E-state index contributed by atoms with van der Waals surface area (Å²) in [6.45, 7) is 4.54. The van der Waals surface area contributed by atoms with E-state index in [1.165, 1.54) is 10.6 Å². The van der Waals surface area contributed by atoms with E-state index in [9.17, 15) is 4.79 Å². The second-order valence-corrected chi connectivity index (χ2v) is 6.83. The summed E-state index contributed by atoms with van der Waals surface area (Å²) in [4.78, 5) is 15.8. The molecule has 0 spiro atoms. The zero-order chi connectivity index (χ0) is 15.4. The Bertz CT molecular complexity index is 573. The molecular weight excluding hydrogens is 296 g/mol. The number of thiophene rings is 1. The molecule has 0 radical (unpaired) electrons. The summed E-state index contributed by atoms with van der Waals surface area (Å²) in [5, 5.41) is 12.2. The minimum absolute atomic E-state index is 0.0670. The average Bonchev–Trinajstić information content (AvgIpc) is 3.25. The zero-order valence-electron chi connectivity index (χ0n) is 12.8. The number of likely N-dealkylation sites (tertiary alicyclic amines) is 1. The molecule has 118 valence electrons. The van der Waals surface area contributed by atoms with Crippen LogP contribution in [0.2, 0.25) is 0 Å². The highest BCUT2D eigenvalue weighted by Gasteiger charge is 2.27. The van der Waals surface area contributed by atoms with Gasteiger partial charge in [0.2, 0.25) is 5.91 Å². The third-order valence-corrected chi connectivity index (χ3v) is 5.31. The number of nitrogens with one attached hydrogen (secondary N) is 2. The first-order valence-electron chi connectivity index (χ1n) is 7.77. The fraction of sp³-hybridized carbons (Fsp3) is 0.500. The second-order valence-electron chi connectivity index (χ2n) is 5.80. The van der Waals surface area contributed by atoms with E-state index in [0.717, 1.165) is 25.9 Å². The average molecular weight is 318 g/mol. The molecule has 1 unspecified atom stereocenters. The maximum absolute atomic E-state index is 12.3. The van der Waals surface area contributed by atoms with Gasteiger partial charge in [0.25, 0.3) is 0 Å². The van der Waals surface area contributed by atoms with Crippen molar-refractivity contribution < 1.29 is 4.79 Å². The number of nitrogens with zero attached hydrogens (tertiary/aromatic N) is 2. The molecule has 1 atom stereocenters. The minimum Gasteiger partial charge on any atom is -0.350 e. The fourth-order valence-electron chi connectivity index (χ4n) is 2.99. The van der Waals surface area contributed by atoms with Gasteiger partial charge in [0.15, 0.2) is 0 Å². The van der Waals surface area contributed by atoms with Gasteiger partial charge in [-0.2, -0.15) is 5.10 Å². The predicted molar refractivity (Wildman–Crippen MR) is 87.8 cm³/mol. The van der Waals surface area contributed by atoms with E-state index >= 15 is 0 Å². The third kappa shape index (κ3) is 3.56. The standard InChI is InChI=1S/C16H22N4OS/c1-12(16(21)17-11-14-3-2-10-22-14)20-8-5-13(6-9-20)15-4-7-18-19-15/h2-4,7,10,12-13H,5-6,8-9,11H2,1H3,(H,17,21)(H,18,19). The molecule has 1 aliphatic heterocycles. The molecule has 5 nitrogen and oxygen atoms in total. The lowest BCUT2D eigenvalue weighted by molar-refractivity contribution is -0.126. The summed E-state index contributed by atoms with van der Waals surface area (Å²) in [6, 6.07) is 6.04. The van der Waals surface area contributed by atoms with E-state index < -0.39 is 0 Å². The summed E-state index contributed by atoms with van der Waals surface area (Å²) in [5.41, 5.74) is 1.22. The molecule has 0 aromatic carbocycles. The monoisotopic (exact) mass is 318 g/mol. The van der Waals surface area contributed by atoms with E-state index in [1.807, 2.05) is 30.6 Å². The number of hydrogen-bond acceptors (Lipinski definition) is 4. The van der Waals surface area contributed by atoms with Gasteiger partial charge in [-0.05, 0) is 50.4 Å². The lowest BCUT2D eigenvalue weighted by Gasteiger charge is -2.34. The smallest absolute Gasteiger partial charge is 0.237 e. The number of carbonyl (C=O) groups is 1. The van der Waals surface area contributed by atoms with Crippen molar-refractivity contribution in [3.8, 4) is 0 Å². The maximum Gasteiger partial charge on any atom is 0.237 e. The Kier molecular flexibility index (Phi) is 4.90. The molecular formula is C16H22N4OS. The van der Waals surface area contributed by atoms with Gasteiger partial charge < -0.3 is 5.32 Å². The van der Waals surface area contributed by atoms with Crippen LogP contribution in [0.5, 0.6) is 0 Å². The van der Waals surface area contributed by atoms with Crippen molar-refractivity contribution in [2.45, 2.75) is 38.3 Å². The van der Waals surface area contributed by atoms with Crippen molar-refractivity contribution >= 4 is 17.2 Å². The van der Waals surface area contributed by atoms with Crippen molar-refractivity contribution in [2.24, 2.45) is 0 Å². The Morgan fingerprint density at radius 1 is 1.50 bits per heavy atom. The van der Waals surface area contributed by atoms with Crippen LogP contribution in [0.15, 0.2) is 29.8 Å². The number of aromatic nitrogens is 2. The molecule has 6 heteroatoms. The van der Waals surface area contributed by atoms with Crippen LogP contribution in [0.1, 0.15) is 36.3 Å².